The van der Waals surface area contributed by atoms with Crippen LogP contribution in [0.25, 0.3) is 0 Å². The fourth-order valence-electron chi connectivity index (χ4n) is 3.91. The number of unbranched alkanes of at least 4 members (excludes halogenated alkanes) is 3. The molecule has 1 aromatic rings. The molecule has 27 heavy (non-hydrogen) atoms. The average molecular weight is 369 g/mol. The Morgan fingerprint density at radius 2 is 2.04 bits per heavy atom. The molecule has 3 atom stereocenters. The second-order valence-corrected chi connectivity index (χ2v) is 7.82. The molecule has 2 amide bonds. The van der Waals surface area contributed by atoms with Crippen molar-refractivity contribution in [3.63, 3.8) is 0 Å². The molecule has 0 spiro atoms. The van der Waals surface area contributed by atoms with E-state index in [1.54, 1.807) is 0 Å². The van der Waals surface area contributed by atoms with E-state index in [0.717, 1.165) is 31.2 Å². The molecule has 1 aliphatic carbocycles. The number of nitrogens with zero attached hydrogens (tertiary/aromatic N) is 1. The van der Waals surface area contributed by atoms with Gasteiger partial charge in [0.25, 0.3) is 0 Å². The van der Waals surface area contributed by atoms with Gasteiger partial charge in [0.2, 0.25) is 11.8 Å². The van der Waals surface area contributed by atoms with Crippen LogP contribution in [0.3, 0.4) is 0 Å². The van der Waals surface area contributed by atoms with E-state index in [4.69, 9.17) is 0 Å². The lowest BCUT2D eigenvalue weighted by Crippen LogP contribution is -2.46. The Bertz CT molecular complexity index is 656. The van der Waals surface area contributed by atoms with Gasteiger partial charge in [-0.3, -0.25) is 9.59 Å². The fourth-order valence-corrected chi connectivity index (χ4v) is 3.91. The van der Waals surface area contributed by atoms with E-state index in [0.29, 0.717) is 19.0 Å². The van der Waals surface area contributed by atoms with Crippen molar-refractivity contribution in [3.8, 4) is 0 Å². The first-order valence-corrected chi connectivity index (χ1v) is 10.5. The van der Waals surface area contributed by atoms with Gasteiger partial charge in [0.1, 0.15) is 6.04 Å². The van der Waals surface area contributed by atoms with Crippen LogP contribution in [-0.2, 0) is 16.1 Å². The van der Waals surface area contributed by atoms with E-state index in [9.17, 15) is 9.59 Å². The SMILES string of the molecule is CCCCC/C=C\[C@@H]1C[C@@H]1C(=O)N1CCC[C@@H]1C(=O)NCc1ccccc1. The molecule has 0 aromatic heterocycles. The first-order chi connectivity index (χ1) is 13.2. The highest BCUT2D eigenvalue weighted by Gasteiger charge is 2.46. The molecule has 1 aliphatic heterocycles. The van der Waals surface area contributed by atoms with E-state index in [2.05, 4.69) is 24.4 Å². The second kappa shape index (κ2) is 9.72. The largest absolute Gasteiger partial charge is 0.350 e. The zero-order valence-corrected chi connectivity index (χ0v) is 16.4. The van der Waals surface area contributed by atoms with Crippen molar-refractivity contribution in [1.29, 1.82) is 0 Å². The lowest BCUT2D eigenvalue weighted by Gasteiger charge is -2.24. The van der Waals surface area contributed by atoms with Gasteiger partial charge in [-0.25, -0.2) is 0 Å². The Kier molecular flexibility index (Phi) is 7.08. The Morgan fingerprint density at radius 1 is 1.22 bits per heavy atom. The van der Waals surface area contributed by atoms with Gasteiger partial charge >= 0.3 is 0 Å². The number of carbonyl (C=O) groups is 2. The molecular formula is C23H32N2O2. The number of nitrogens with one attached hydrogen (secondary N) is 1. The van der Waals surface area contributed by atoms with Gasteiger partial charge in [-0.05, 0) is 43.6 Å². The molecule has 1 saturated carbocycles. The van der Waals surface area contributed by atoms with Gasteiger partial charge in [0.15, 0.2) is 0 Å². The molecule has 1 saturated heterocycles. The standard InChI is InChI=1S/C23H32N2O2/c1-2-3-4-5-9-13-19-16-20(19)23(27)25-15-10-14-21(25)22(26)24-17-18-11-7-6-8-12-18/h6-9,11-13,19-21H,2-5,10,14-17H2,1H3,(H,24,26)/b13-9-/t19-,20+,21-/m1/s1. The van der Waals surface area contributed by atoms with Crippen LogP contribution in [0.15, 0.2) is 42.5 Å². The van der Waals surface area contributed by atoms with Crippen molar-refractivity contribution in [2.45, 2.75) is 64.5 Å². The summed E-state index contributed by atoms with van der Waals surface area (Å²) in [6, 6.07) is 9.61. The van der Waals surface area contributed by atoms with Crippen molar-refractivity contribution in [3.05, 3.63) is 48.0 Å². The van der Waals surface area contributed by atoms with Crippen molar-refractivity contribution in [2.24, 2.45) is 11.8 Å². The zero-order valence-electron chi connectivity index (χ0n) is 16.4. The minimum Gasteiger partial charge on any atom is -0.350 e. The summed E-state index contributed by atoms with van der Waals surface area (Å²) in [5.41, 5.74) is 1.08. The number of rotatable bonds is 9. The zero-order chi connectivity index (χ0) is 19.1. The van der Waals surface area contributed by atoms with Crippen LogP contribution >= 0.6 is 0 Å². The number of allylic oxidation sites excluding steroid dienone is 2. The van der Waals surface area contributed by atoms with Crippen LogP contribution in [0.1, 0.15) is 57.4 Å². The smallest absolute Gasteiger partial charge is 0.243 e. The van der Waals surface area contributed by atoms with Crippen LogP contribution in [0.2, 0.25) is 0 Å². The molecule has 0 unspecified atom stereocenters. The molecule has 2 fully saturated rings. The van der Waals surface area contributed by atoms with E-state index >= 15 is 0 Å². The lowest BCUT2D eigenvalue weighted by atomic mass is 10.1. The molecule has 4 nitrogen and oxygen atoms in total. The topological polar surface area (TPSA) is 49.4 Å². The van der Waals surface area contributed by atoms with Crippen LogP contribution in [0, 0.1) is 11.8 Å². The highest BCUT2D eigenvalue weighted by molar-refractivity contribution is 5.90. The van der Waals surface area contributed by atoms with Crippen molar-refractivity contribution in [2.75, 3.05) is 6.54 Å². The summed E-state index contributed by atoms with van der Waals surface area (Å²) in [6.45, 7) is 3.44. The first kappa shape index (κ1) is 19.7. The highest BCUT2D eigenvalue weighted by atomic mass is 16.2. The molecular weight excluding hydrogens is 336 g/mol. The minimum absolute atomic E-state index is 0.0167. The van der Waals surface area contributed by atoms with Gasteiger partial charge < -0.3 is 10.2 Å². The predicted molar refractivity (Wildman–Crippen MR) is 108 cm³/mol. The molecule has 4 heteroatoms. The third-order valence-corrected chi connectivity index (χ3v) is 5.66. The Morgan fingerprint density at radius 3 is 2.81 bits per heavy atom. The summed E-state index contributed by atoms with van der Waals surface area (Å²) in [4.78, 5) is 27.3. The highest BCUT2D eigenvalue weighted by Crippen LogP contribution is 2.42. The van der Waals surface area contributed by atoms with E-state index in [1.165, 1.54) is 19.3 Å². The fraction of sp³-hybridized carbons (Fsp3) is 0.565. The lowest BCUT2D eigenvalue weighted by molar-refractivity contribution is -0.139. The summed E-state index contributed by atoms with van der Waals surface area (Å²) < 4.78 is 0. The average Bonchev–Trinajstić information content (AvgIpc) is 3.30. The van der Waals surface area contributed by atoms with Crippen LogP contribution in [0.4, 0.5) is 0 Å². The summed E-state index contributed by atoms with van der Waals surface area (Å²) >= 11 is 0. The molecule has 2 aliphatic rings. The Labute approximate surface area is 163 Å². The molecule has 1 aromatic carbocycles. The number of likely N-dealkylation sites (tertiary alicyclic amines) is 1. The van der Waals surface area contributed by atoms with Gasteiger partial charge in [0, 0.05) is 19.0 Å². The number of hydrogen-bond donors (Lipinski definition) is 1. The second-order valence-electron chi connectivity index (χ2n) is 7.82. The van der Waals surface area contributed by atoms with Gasteiger partial charge in [-0.1, -0.05) is 62.2 Å². The summed E-state index contributed by atoms with van der Waals surface area (Å²) in [6.07, 6.45) is 11.9. The molecule has 146 valence electrons. The Hall–Kier alpha value is -2.10. The Balaban J connectivity index is 1.46. The van der Waals surface area contributed by atoms with E-state index in [-0.39, 0.29) is 23.8 Å². The van der Waals surface area contributed by atoms with Crippen molar-refractivity contribution in [1.82, 2.24) is 10.2 Å². The minimum atomic E-state index is -0.295. The maximum atomic E-state index is 12.9. The van der Waals surface area contributed by atoms with Crippen LogP contribution in [-0.4, -0.2) is 29.3 Å². The predicted octanol–water partition coefficient (Wildman–Crippen LogP) is 4.07. The quantitative estimate of drug-likeness (QED) is 0.528. The molecule has 0 radical (unpaired) electrons. The maximum absolute atomic E-state index is 12.9. The summed E-state index contributed by atoms with van der Waals surface area (Å²) in [5, 5.41) is 3.00. The molecule has 3 rings (SSSR count). The van der Waals surface area contributed by atoms with Crippen LogP contribution < -0.4 is 5.32 Å². The first-order valence-electron chi connectivity index (χ1n) is 10.5. The molecule has 0 bridgehead atoms. The summed E-state index contributed by atoms with van der Waals surface area (Å²) in [5.74, 6) is 0.635. The van der Waals surface area contributed by atoms with Crippen molar-refractivity contribution < 1.29 is 9.59 Å². The maximum Gasteiger partial charge on any atom is 0.243 e. The number of amides is 2. The number of benzene rings is 1. The summed E-state index contributed by atoms with van der Waals surface area (Å²) in [7, 11) is 0. The molecule has 1 heterocycles. The normalized spacial score (nSPS) is 24.3. The van der Waals surface area contributed by atoms with Gasteiger partial charge in [-0.2, -0.15) is 0 Å². The number of carbonyl (C=O) groups excluding carboxylic acids is 2. The monoisotopic (exact) mass is 368 g/mol. The molecule has 1 N–H and O–H groups in total. The third-order valence-electron chi connectivity index (χ3n) is 5.66. The van der Waals surface area contributed by atoms with Gasteiger partial charge in [-0.15, -0.1) is 0 Å². The van der Waals surface area contributed by atoms with E-state index in [1.807, 2.05) is 35.2 Å². The third kappa shape index (κ3) is 5.44. The van der Waals surface area contributed by atoms with E-state index < -0.39 is 0 Å². The van der Waals surface area contributed by atoms with Gasteiger partial charge in [0.05, 0.1) is 0 Å². The number of hydrogen-bond acceptors (Lipinski definition) is 2. The van der Waals surface area contributed by atoms with Crippen molar-refractivity contribution >= 4 is 11.8 Å². The van der Waals surface area contributed by atoms with Crippen LogP contribution in [0.5, 0.6) is 0 Å².